The van der Waals surface area contributed by atoms with E-state index in [1.807, 2.05) is 36.4 Å². The molecule has 26 heavy (non-hydrogen) atoms. The molecule has 0 spiro atoms. The lowest BCUT2D eigenvalue weighted by Crippen LogP contribution is -2.17. The minimum Gasteiger partial charge on any atom is -0.488 e. The zero-order valence-corrected chi connectivity index (χ0v) is 14.7. The lowest BCUT2D eigenvalue weighted by molar-refractivity contribution is -0.125. The number of hydrogen-bond donors (Lipinski definition) is 0. The lowest BCUT2D eigenvalue weighted by atomic mass is 10.1. The van der Waals surface area contributed by atoms with E-state index in [2.05, 4.69) is 0 Å². The smallest absolute Gasteiger partial charge is 0.337 e. The van der Waals surface area contributed by atoms with Gasteiger partial charge in [-0.2, -0.15) is 0 Å². The van der Waals surface area contributed by atoms with E-state index in [9.17, 15) is 9.59 Å². The molecule has 1 saturated heterocycles. The number of rotatable bonds is 6. The van der Waals surface area contributed by atoms with E-state index in [4.69, 9.17) is 9.47 Å². The molecule has 0 atom stereocenters. The van der Waals surface area contributed by atoms with E-state index < -0.39 is 5.97 Å². The molecular formula is C21H21NO4. The molecule has 1 aliphatic rings. The van der Waals surface area contributed by atoms with Crippen LogP contribution in [0, 0.1) is 0 Å². The summed E-state index contributed by atoms with van der Waals surface area (Å²) in [6, 6.07) is 14.9. The molecule has 2 aromatic rings. The van der Waals surface area contributed by atoms with E-state index in [0.29, 0.717) is 24.3 Å². The number of ether oxygens (including phenoxy) is 2. The van der Waals surface area contributed by atoms with Crippen LogP contribution in [0.5, 0.6) is 5.75 Å². The Morgan fingerprint density at radius 3 is 2.69 bits per heavy atom. The Hall–Kier alpha value is -3.08. The molecule has 1 fully saturated rings. The molecule has 2 aromatic carbocycles. The van der Waals surface area contributed by atoms with Crippen molar-refractivity contribution >= 4 is 18.0 Å². The van der Waals surface area contributed by atoms with Crippen molar-refractivity contribution in [3.63, 3.8) is 0 Å². The molecule has 5 nitrogen and oxygen atoms in total. The van der Waals surface area contributed by atoms with Crippen LogP contribution in [0.25, 0.3) is 6.08 Å². The maximum atomic E-state index is 11.8. The highest BCUT2D eigenvalue weighted by molar-refractivity contribution is 5.90. The van der Waals surface area contributed by atoms with Crippen LogP contribution in [0.3, 0.4) is 0 Å². The SMILES string of the molecule is COC(=O)c1ccc(C=CN2CCCC2=O)c(OCc2ccccc2)c1. The summed E-state index contributed by atoms with van der Waals surface area (Å²) in [6.45, 7) is 1.12. The van der Waals surface area contributed by atoms with Gasteiger partial charge in [0.15, 0.2) is 0 Å². The average Bonchev–Trinajstić information content (AvgIpc) is 3.10. The van der Waals surface area contributed by atoms with E-state index in [-0.39, 0.29) is 5.91 Å². The van der Waals surface area contributed by atoms with E-state index >= 15 is 0 Å². The van der Waals surface area contributed by atoms with Gasteiger partial charge in [-0.25, -0.2) is 4.79 Å². The fraction of sp³-hybridized carbons (Fsp3) is 0.238. The topological polar surface area (TPSA) is 55.8 Å². The predicted molar refractivity (Wildman–Crippen MR) is 98.5 cm³/mol. The van der Waals surface area contributed by atoms with Crippen molar-refractivity contribution in [1.29, 1.82) is 0 Å². The number of nitrogens with zero attached hydrogens (tertiary/aromatic N) is 1. The summed E-state index contributed by atoms with van der Waals surface area (Å²) in [4.78, 5) is 25.3. The summed E-state index contributed by atoms with van der Waals surface area (Å²) >= 11 is 0. The molecule has 0 bridgehead atoms. The zero-order chi connectivity index (χ0) is 18.4. The van der Waals surface area contributed by atoms with Gasteiger partial charge in [0.1, 0.15) is 12.4 Å². The van der Waals surface area contributed by atoms with Gasteiger partial charge in [-0.15, -0.1) is 0 Å². The third-order valence-electron chi connectivity index (χ3n) is 4.22. The molecule has 3 rings (SSSR count). The quantitative estimate of drug-likeness (QED) is 0.746. The van der Waals surface area contributed by atoms with Crippen molar-refractivity contribution in [2.75, 3.05) is 13.7 Å². The third kappa shape index (κ3) is 4.30. The van der Waals surface area contributed by atoms with Crippen LogP contribution >= 0.6 is 0 Å². The minimum atomic E-state index is -0.417. The van der Waals surface area contributed by atoms with Crippen molar-refractivity contribution in [1.82, 2.24) is 4.90 Å². The standard InChI is InChI=1S/C21H21NO4/c1-25-21(24)18-10-9-17(11-13-22-12-5-8-20(22)23)19(14-18)26-15-16-6-3-2-4-7-16/h2-4,6-7,9-11,13-14H,5,8,12,15H2,1H3. The number of benzene rings is 2. The summed E-state index contributed by atoms with van der Waals surface area (Å²) < 4.78 is 10.7. The van der Waals surface area contributed by atoms with Crippen molar-refractivity contribution in [3.8, 4) is 5.75 Å². The Morgan fingerprint density at radius 1 is 1.19 bits per heavy atom. The van der Waals surface area contributed by atoms with Crippen molar-refractivity contribution in [2.24, 2.45) is 0 Å². The minimum absolute atomic E-state index is 0.124. The van der Waals surface area contributed by atoms with Crippen LogP contribution in [0.15, 0.2) is 54.7 Å². The average molecular weight is 351 g/mol. The van der Waals surface area contributed by atoms with Gasteiger partial charge in [-0.05, 0) is 30.2 Å². The Bertz CT molecular complexity index is 814. The van der Waals surface area contributed by atoms with Gasteiger partial charge < -0.3 is 14.4 Å². The number of carbonyl (C=O) groups is 2. The second-order valence-electron chi connectivity index (χ2n) is 6.02. The van der Waals surface area contributed by atoms with Gasteiger partial charge in [0.05, 0.1) is 12.7 Å². The van der Waals surface area contributed by atoms with Crippen LogP contribution in [-0.2, 0) is 16.1 Å². The molecule has 0 N–H and O–H groups in total. The fourth-order valence-electron chi connectivity index (χ4n) is 2.77. The maximum absolute atomic E-state index is 11.8. The van der Waals surface area contributed by atoms with Crippen LogP contribution < -0.4 is 4.74 Å². The van der Waals surface area contributed by atoms with Crippen LogP contribution in [0.2, 0.25) is 0 Å². The van der Waals surface area contributed by atoms with Crippen molar-refractivity contribution < 1.29 is 19.1 Å². The summed E-state index contributed by atoms with van der Waals surface area (Å²) in [5.41, 5.74) is 2.25. The number of carbonyl (C=O) groups excluding carboxylic acids is 2. The first-order chi connectivity index (χ1) is 12.7. The highest BCUT2D eigenvalue weighted by Gasteiger charge is 2.17. The molecule has 1 heterocycles. The predicted octanol–water partition coefficient (Wildman–Crippen LogP) is 3.65. The highest BCUT2D eigenvalue weighted by atomic mass is 16.5. The molecule has 0 saturated carbocycles. The van der Waals surface area contributed by atoms with Gasteiger partial charge in [-0.3, -0.25) is 4.79 Å². The summed E-state index contributed by atoms with van der Waals surface area (Å²) in [5.74, 6) is 0.277. The van der Waals surface area contributed by atoms with Crippen molar-refractivity contribution in [2.45, 2.75) is 19.4 Å². The first-order valence-electron chi connectivity index (χ1n) is 8.54. The van der Waals surface area contributed by atoms with Crippen LogP contribution in [-0.4, -0.2) is 30.4 Å². The Morgan fingerprint density at radius 2 is 2.00 bits per heavy atom. The monoisotopic (exact) mass is 351 g/mol. The van der Waals surface area contributed by atoms with Gasteiger partial charge in [0.25, 0.3) is 0 Å². The Balaban J connectivity index is 1.83. The normalized spacial score (nSPS) is 14.0. The van der Waals surface area contributed by atoms with E-state index in [0.717, 1.165) is 24.1 Å². The first kappa shape index (κ1) is 17.7. The largest absolute Gasteiger partial charge is 0.488 e. The van der Waals surface area contributed by atoms with Gasteiger partial charge >= 0.3 is 5.97 Å². The number of likely N-dealkylation sites (tertiary alicyclic amines) is 1. The number of amides is 1. The summed E-state index contributed by atoms with van der Waals surface area (Å²) in [6.07, 6.45) is 5.08. The first-order valence-corrected chi connectivity index (χ1v) is 8.54. The summed E-state index contributed by atoms with van der Waals surface area (Å²) in [7, 11) is 1.35. The second kappa shape index (κ2) is 8.34. The molecule has 5 heteroatoms. The van der Waals surface area contributed by atoms with E-state index in [1.54, 1.807) is 29.3 Å². The van der Waals surface area contributed by atoms with Gasteiger partial charge in [-0.1, -0.05) is 36.4 Å². The summed E-state index contributed by atoms with van der Waals surface area (Å²) in [5, 5.41) is 0. The van der Waals surface area contributed by atoms with Gasteiger partial charge in [0.2, 0.25) is 5.91 Å². The maximum Gasteiger partial charge on any atom is 0.337 e. The Kier molecular flexibility index (Phi) is 5.69. The second-order valence-corrected chi connectivity index (χ2v) is 6.02. The van der Waals surface area contributed by atoms with Crippen LogP contribution in [0.1, 0.15) is 34.3 Å². The molecule has 0 aromatic heterocycles. The fourth-order valence-corrected chi connectivity index (χ4v) is 2.77. The molecule has 0 aliphatic carbocycles. The molecule has 0 radical (unpaired) electrons. The number of hydrogen-bond acceptors (Lipinski definition) is 4. The molecule has 1 amide bonds. The number of methoxy groups -OCH3 is 1. The van der Waals surface area contributed by atoms with Crippen LogP contribution in [0.4, 0.5) is 0 Å². The zero-order valence-electron chi connectivity index (χ0n) is 14.7. The molecule has 0 unspecified atom stereocenters. The highest BCUT2D eigenvalue weighted by Crippen LogP contribution is 2.24. The van der Waals surface area contributed by atoms with E-state index in [1.165, 1.54) is 7.11 Å². The van der Waals surface area contributed by atoms with Gasteiger partial charge in [0, 0.05) is 24.7 Å². The Labute approximate surface area is 152 Å². The number of esters is 1. The third-order valence-corrected chi connectivity index (χ3v) is 4.22. The molecule has 1 aliphatic heterocycles. The van der Waals surface area contributed by atoms with Crippen molar-refractivity contribution in [3.05, 3.63) is 71.4 Å². The molecule has 134 valence electrons. The molecular weight excluding hydrogens is 330 g/mol. The lowest BCUT2D eigenvalue weighted by Gasteiger charge is -2.13.